The molecule has 0 saturated heterocycles. The zero-order valence-corrected chi connectivity index (χ0v) is 16.6. The fraction of sp³-hybridized carbons (Fsp3) is 0.286. The second kappa shape index (κ2) is 9.20. The first-order valence-electron chi connectivity index (χ1n) is 9.50. The number of aromatic nitrogens is 2. The summed E-state index contributed by atoms with van der Waals surface area (Å²) in [7, 11) is 0. The van der Waals surface area contributed by atoms with E-state index >= 15 is 0 Å². The first-order valence-corrected chi connectivity index (χ1v) is 9.50. The average molecular weight is 395 g/mol. The lowest BCUT2D eigenvalue weighted by Crippen LogP contribution is -2.29. The molecule has 2 aromatic heterocycles. The van der Waals surface area contributed by atoms with Crippen molar-refractivity contribution in [1.82, 2.24) is 14.7 Å². The summed E-state index contributed by atoms with van der Waals surface area (Å²) in [5.74, 6) is 0.0970. The van der Waals surface area contributed by atoms with E-state index in [1.807, 2.05) is 35.6 Å². The second-order valence-electron chi connectivity index (χ2n) is 6.52. The largest absolute Gasteiger partial charge is 0.465 e. The fourth-order valence-corrected chi connectivity index (χ4v) is 2.92. The number of rotatable bonds is 8. The van der Waals surface area contributed by atoms with Crippen molar-refractivity contribution in [3.05, 3.63) is 53.7 Å². The highest BCUT2D eigenvalue weighted by Gasteiger charge is 2.17. The summed E-state index contributed by atoms with van der Waals surface area (Å²) >= 11 is 0. The van der Waals surface area contributed by atoms with Crippen LogP contribution in [0.15, 0.2) is 42.6 Å². The summed E-state index contributed by atoms with van der Waals surface area (Å²) < 4.78 is 6.82. The van der Waals surface area contributed by atoms with E-state index in [-0.39, 0.29) is 18.4 Å². The molecule has 3 aromatic rings. The number of benzene rings is 1. The number of ether oxygens (including phenoxy) is 1. The first kappa shape index (κ1) is 20.3. The van der Waals surface area contributed by atoms with Crippen molar-refractivity contribution in [3.63, 3.8) is 0 Å². The van der Waals surface area contributed by atoms with Crippen LogP contribution >= 0.6 is 0 Å². The molecule has 0 atom stereocenters. The van der Waals surface area contributed by atoms with Gasteiger partial charge in [-0.2, -0.15) is 0 Å². The van der Waals surface area contributed by atoms with Crippen LogP contribution in [0.5, 0.6) is 0 Å². The van der Waals surface area contributed by atoms with Crippen molar-refractivity contribution in [1.29, 1.82) is 0 Å². The minimum atomic E-state index is -0.352. The molecule has 29 heavy (non-hydrogen) atoms. The first-order chi connectivity index (χ1) is 14.0. The van der Waals surface area contributed by atoms with Crippen LogP contribution in [-0.2, 0) is 9.53 Å². The maximum atomic E-state index is 12.3. The molecule has 8 heteroatoms. The molecule has 0 bridgehead atoms. The van der Waals surface area contributed by atoms with Gasteiger partial charge < -0.3 is 21.1 Å². The Morgan fingerprint density at radius 1 is 1.21 bits per heavy atom. The molecule has 8 nitrogen and oxygen atoms in total. The third kappa shape index (κ3) is 4.72. The molecule has 4 N–H and O–H groups in total. The van der Waals surface area contributed by atoms with Crippen LogP contribution in [-0.4, -0.2) is 47.5 Å². The number of nitrogens with zero attached hydrogens (tertiary/aromatic N) is 2. The van der Waals surface area contributed by atoms with E-state index in [9.17, 15) is 9.59 Å². The zero-order chi connectivity index (χ0) is 20.8. The smallest absolute Gasteiger partial charge is 0.325 e. The number of nitrogens with two attached hydrogens (primary N) is 1. The Morgan fingerprint density at radius 3 is 2.66 bits per heavy atom. The Morgan fingerprint density at radius 2 is 1.97 bits per heavy atom. The minimum absolute atomic E-state index is 0.0131. The van der Waals surface area contributed by atoms with Gasteiger partial charge in [-0.05, 0) is 26.0 Å². The topological polar surface area (TPSA) is 111 Å². The molecule has 1 amide bonds. The number of aryl methyl sites for hydroxylation is 1. The van der Waals surface area contributed by atoms with Gasteiger partial charge in [0.25, 0.3) is 5.91 Å². The minimum Gasteiger partial charge on any atom is -0.465 e. The van der Waals surface area contributed by atoms with Crippen LogP contribution in [0.25, 0.3) is 16.9 Å². The third-order valence-electron chi connectivity index (χ3n) is 4.35. The molecule has 152 valence electrons. The maximum Gasteiger partial charge on any atom is 0.325 e. The van der Waals surface area contributed by atoms with Gasteiger partial charge in [-0.3, -0.25) is 14.0 Å². The van der Waals surface area contributed by atoms with E-state index in [1.165, 1.54) is 0 Å². The van der Waals surface area contributed by atoms with Crippen molar-refractivity contribution in [3.8, 4) is 11.3 Å². The van der Waals surface area contributed by atoms with E-state index in [4.69, 9.17) is 15.5 Å². The Hall–Kier alpha value is -3.39. The van der Waals surface area contributed by atoms with E-state index in [0.29, 0.717) is 42.4 Å². The lowest BCUT2D eigenvalue weighted by Gasteiger charge is -2.09. The van der Waals surface area contributed by atoms with Gasteiger partial charge >= 0.3 is 5.97 Å². The van der Waals surface area contributed by atoms with Crippen molar-refractivity contribution < 1.29 is 14.3 Å². The van der Waals surface area contributed by atoms with Crippen molar-refractivity contribution >= 4 is 23.3 Å². The Labute approximate surface area is 169 Å². The molecule has 0 aliphatic heterocycles. The predicted molar refractivity (Wildman–Crippen MR) is 112 cm³/mol. The lowest BCUT2D eigenvalue weighted by atomic mass is 10.1. The predicted octanol–water partition coefficient (Wildman–Crippen LogP) is 1.97. The third-order valence-corrected chi connectivity index (χ3v) is 4.35. The van der Waals surface area contributed by atoms with Gasteiger partial charge in [0.15, 0.2) is 0 Å². The van der Waals surface area contributed by atoms with Crippen LogP contribution in [0, 0.1) is 6.92 Å². The maximum absolute atomic E-state index is 12.3. The molecule has 0 aliphatic carbocycles. The van der Waals surface area contributed by atoms with Gasteiger partial charge in [0, 0.05) is 30.4 Å². The monoisotopic (exact) mass is 395 g/mol. The molecule has 0 fully saturated rings. The van der Waals surface area contributed by atoms with Gasteiger partial charge in [-0.15, -0.1) is 0 Å². The van der Waals surface area contributed by atoms with Gasteiger partial charge in [-0.1, -0.05) is 29.8 Å². The van der Waals surface area contributed by atoms with Crippen LogP contribution in [0.1, 0.15) is 22.8 Å². The summed E-state index contributed by atoms with van der Waals surface area (Å²) in [6, 6.07) is 11.4. The molecule has 2 heterocycles. The number of anilines is 1. The molecule has 1 aromatic carbocycles. The van der Waals surface area contributed by atoms with Crippen LogP contribution in [0.2, 0.25) is 0 Å². The molecular formula is C21H25N5O3. The molecule has 0 spiro atoms. The Kier molecular flexibility index (Phi) is 6.46. The second-order valence-corrected chi connectivity index (χ2v) is 6.52. The molecule has 0 radical (unpaired) electrons. The van der Waals surface area contributed by atoms with Crippen molar-refractivity contribution in [2.75, 3.05) is 31.6 Å². The van der Waals surface area contributed by atoms with Gasteiger partial charge in [0.1, 0.15) is 23.7 Å². The number of pyridine rings is 1. The summed E-state index contributed by atoms with van der Waals surface area (Å²) in [5.41, 5.74) is 9.25. The number of hydrogen-bond donors (Lipinski definition) is 3. The number of imidazole rings is 1. The highest BCUT2D eigenvalue weighted by molar-refractivity contribution is 5.95. The van der Waals surface area contributed by atoms with Crippen LogP contribution in [0.4, 0.5) is 5.82 Å². The number of esters is 1. The van der Waals surface area contributed by atoms with E-state index in [2.05, 4.69) is 10.6 Å². The van der Waals surface area contributed by atoms with E-state index < -0.39 is 0 Å². The standard InChI is InChI=1S/C21H25N5O3/c1-3-29-18(27)13-24-20-19(15-6-4-14(2)5-7-15)25-17-12-16(8-11-26(17)20)21(28)23-10-9-22/h4-8,11-12,24H,3,9-10,13,22H2,1-2H3,(H,23,28). The number of hydrogen-bond acceptors (Lipinski definition) is 6. The molecular weight excluding hydrogens is 370 g/mol. The summed E-state index contributed by atoms with van der Waals surface area (Å²) in [5, 5.41) is 5.87. The molecule has 0 aliphatic rings. The number of amides is 1. The molecule has 0 saturated carbocycles. The average Bonchev–Trinajstić information content (AvgIpc) is 3.09. The summed E-state index contributed by atoms with van der Waals surface area (Å²) in [4.78, 5) is 28.8. The highest BCUT2D eigenvalue weighted by Crippen LogP contribution is 2.29. The number of fused-ring (bicyclic) bond motifs is 1. The van der Waals surface area contributed by atoms with E-state index in [1.54, 1.807) is 25.3 Å². The van der Waals surface area contributed by atoms with Crippen LogP contribution < -0.4 is 16.4 Å². The van der Waals surface area contributed by atoms with Crippen molar-refractivity contribution in [2.24, 2.45) is 5.73 Å². The Bertz CT molecular complexity index is 1010. The zero-order valence-electron chi connectivity index (χ0n) is 16.6. The Balaban J connectivity index is 2.01. The van der Waals surface area contributed by atoms with Crippen LogP contribution in [0.3, 0.4) is 0 Å². The van der Waals surface area contributed by atoms with Gasteiger partial charge in [0.05, 0.1) is 6.61 Å². The van der Waals surface area contributed by atoms with Crippen molar-refractivity contribution in [2.45, 2.75) is 13.8 Å². The number of nitrogens with one attached hydrogen (secondary N) is 2. The quantitative estimate of drug-likeness (QED) is 0.503. The lowest BCUT2D eigenvalue weighted by molar-refractivity contribution is -0.140. The normalized spacial score (nSPS) is 10.7. The highest BCUT2D eigenvalue weighted by atomic mass is 16.5. The summed E-state index contributed by atoms with van der Waals surface area (Å²) in [6.45, 7) is 4.88. The summed E-state index contributed by atoms with van der Waals surface area (Å²) in [6.07, 6.45) is 1.75. The van der Waals surface area contributed by atoms with Gasteiger partial charge in [-0.25, -0.2) is 4.98 Å². The fourth-order valence-electron chi connectivity index (χ4n) is 2.92. The number of carbonyl (C=O) groups excluding carboxylic acids is 2. The SMILES string of the molecule is CCOC(=O)CNc1c(-c2ccc(C)cc2)nc2cc(C(=O)NCCN)ccn12. The molecule has 0 unspecified atom stereocenters. The van der Waals surface area contributed by atoms with Gasteiger partial charge in [0.2, 0.25) is 0 Å². The number of carbonyl (C=O) groups is 2. The van der Waals surface area contributed by atoms with E-state index in [0.717, 1.165) is 11.1 Å². The molecule has 3 rings (SSSR count).